The summed E-state index contributed by atoms with van der Waals surface area (Å²) in [7, 11) is 0. The van der Waals surface area contributed by atoms with Crippen LogP contribution in [0.25, 0.3) is 11.3 Å². The molecule has 0 bridgehead atoms. The monoisotopic (exact) mass is 298 g/mol. The highest BCUT2D eigenvalue weighted by atomic mass is 15.3. The van der Waals surface area contributed by atoms with Gasteiger partial charge in [-0.15, -0.1) is 0 Å². The Kier molecular flexibility index (Phi) is 4.09. The smallest absolute Gasteiger partial charge is 0.0950 e. The zero-order chi connectivity index (χ0) is 15.5. The van der Waals surface area contributed by atoms with Crippen LogP contribution in [0.1, 0.15) is 24.7 Å². The molecule has 6 heteroatoms. The lowest BCUT2D eigenvalue weighted by Gasteiger charge is -2.08. The molecule has 0 radical (unpaired) electrons. The van der Waals surface area contributed by atoms with Gasteiger partial charge in [0.05, 0.1) is 30.1 Å². The first-order chi connectivity index (χ1) is 10.7. The van der Waals surface area contributed by atoms with E-state index in [4.69, 9.17) is 0 Å². The number of hydrogen-bond donors (Lipinski definition) is 0. The second-order valence-electron chi connectivity index (χ2n) is 5.56. The minimum Gasteiger partial charge on any atom is -0.330 e. The van der Waals surface area contributed by atoms with Gasteiger partial charge < -0.3 is 4.57 Å². The molecule has 0 saturated carbocycles. The Morgan fingerprint density at radius 2 is 2.00 bits per heavy atom. The summed E-state index contributed by atoms with van der Waals surface area (Å²) in [5.74, 6) is 0. The molecular weight excluding hydrogens is 276 g/mol. The number of imidazole rings is 1. The van der Waals surface area contributed by atoms with Crippen molar-refractivity contribution < 1.29 is 0 Å². The number of hydrogen-bond acceptors (Lipinski definition) is 3. The molecule has 116 valence electrons. The average Bonchev–Trinajstić information content (AvgIpc) is 3.19. The van der Waals surface area contributed by atoms with Crippen molar-refractivity contribution >= 4 is 0 Å². The van der Waals surface area contributed by atoms with E-state index in [1.54, 1.807) is 0 Å². The normalized spacial score (nSPS) is 11.2. The van der Waals surface area contributed by atoms with Crippen molar-refractivity contribution in [3.8, 4) is 11.3 Å². The summed E-state index contributed by atoms with van der Waals surface area (Å²) in [4.78, 5) is 4.28. The summed E-state index contributed by atoms with van der Waals surface area (Å²) in [6.45, 7) is 8.94. The van der Waals surface area contributed by atoms with E-state index in [1.165, 1.54) is 5.69 Å². The van der Waals surface area contributed by atoms with Gasteiger partial charge in [0.2, 0.25) is 0 Å². The Labute approximate surface area is 130 Å². The van der Waals surface area contributed by atoms with E-state index in [0.717, 1.165) is 43.0 Å². The predicted molar refractivity (Wildman–Crippen MR) is 85.4 cm³/mol. The van der Waals surface area contributed by atoms with Crippen molar-refractivity contribution in [2.45, 2.75) is 46.8 Å². The summed E-state index contributed by atoms with van der Waals surface area (Å²) >= 11 is 0. The quantitative estimate of drug-likeness (QED) is 0.703. The summed E-state index contributed by atoms with van der Waals surface area (Å²) in [6, 6.07) is 2.11. The van der Waals surface area contributed by atoms with Gasteiger partial charge >= 0.3 is 0 Å². The Balaban J connectivity index is 1.66. The molecule has 3 heterocycles. The van der Waals surface area contributed by atoms with Crippen LogP contribution < -0.4 is 0 Å². The molecule has 0 amide bonds. The van der Waals surface area contributed by atoms with Gasteiger partial charge in [-0.25, -0.2) is 4.98 Å². The van der Waals surface area contributed by atoms with Crippen molar-refractivity contribution in [2.24, 2.45) is 0 Å². The van der Waals surface area contributed by atoms with Gasteiger partial charge in [-0.2, -0.15) is 10.2 Å². The Morgan fingerprint density at radius 1 is 1.14 bits per heavy atom. The summed E-state index contributed by atoms with van der Waals surface area (Å²) < 4.78 is 6.19. The summed E-state index contributed by atoms with van der Waals surface area (Å²) in [5.41, 5.74) is 4.53. The first-order valence-corrected chi connectivity index (χ1v) is 7.71. The van der Waals surface area contributed by atoms with Crippen LogP contribution in [0.4, 0.5) is 0 Å². The number of aromatic nitrogens is 6. The van der Waals surface area contributed by atoms with E-state index in [0.29, 0.717) is 0 Å². The van der Waals surface area contributed by atoms with Gasteiger partial charge in [0.15, 0.2) is 0 Å². The van der Waals surface area contributed by atoms with Crippen LogP contribution in [0, 0.1) is 13.8 Å². The minimum absolute atomic E-state index is 0.881. The standard InChI is InChI=1S/C16H22N6/c1-4-21-11-15(9-18-21)16-10-17-12-20(16)6-5-7-22-14(3)8-13(2)19-22/h8-12H,4-7H2,1-3H3. The van der Waals surface area contributed by atoms with E-state index in [9.17, 15) is 0 Å². The lowest BCUT2D eigenvalue weighted by molar-refractivity contribution is 0.518. The Hall–Kier alpha value is -2.37. The number of nitrogens with zero attached hydrogens (tertiary/aromatic N) is 6. The third-order valence-electron chi connectivity index (χ3n) is 3.84. The average molecular weight is 298 g/mol. The van der Waals surface area contributed by atoms with Crippen LogP contribution in [-0.4, -0.2) is 29.1 Å². The van der Waals surface area contributed by atoms with Crippen molar-refractivity contribution in [3.05, 3.63) is 42.4 Å². The number of aryl methyl sites for hydroxylation is 5. The van der Waals surface area contributed by atoms with Crippen molar-refractivity contribution in [1.29, 1.82) is 0 Å². The van der Waals surface area contributed by atoms with E-state index < -0.39 is 0 Å². The van der Waals surface area contributed by atoms with E-state index in [2.05, 4.69) is 50.5 Å². The van der Waals surface area contributed by atoms with Crippen LogP contribution in [0.15, 0.2) is 31.0 Å². The molecule has 3 aromatic rings. The second kappa shape index (κ2) is 6.17. The van der Waals surface area contributed by atoms with Crippen LogP contribution in [0.2, 0.25) is 0 Å². The highest BCUT2D eigenvalue weighted by Gasteiger charge is 2.08. The van der Waals surface area contributed by atoms with Gasteiger partial charge in [-0.05, 0) is 33.3 Å². The molecule has 0 unspecified atom stereocenters. The van der Waals surface area contributed by atoms with Crippen LogP contribution >= 0.6 is 0 Å². The largest absolute Gasteiger partial charge is 0.330 e. The molecule has 0 saturated heterocycles. The van der Waals surface area contributed by atoms with E-state index >= 15 is 0 Å². The summed E-state index contributed by atoms with van der Waals surface area (Å²) in [6.07, 6.45) is 8.78. The van der Waals surface area contributed by atoms with Crippen LogP contribution in [0.3, 0.4) is 0 Å². The van der Waals surface area contributed by atoms with Gasteiger partial charge in [0, 0.05) is 37.1 Å². The van der Waals surface area contributed by atoms with Crippen LogP contribution in [0.5, 0.6) is 0 Å². The zero-order valence-electron chi connectivity index (χ0n) is 13.4. The molecule has 0 aliphatic heterocycles. The van der Waals surface area contributed by atoms with Gasteiger partial charge in [0.25, 0.3) is 0 Å². The van der Waals surface area contributed by atoms with E-state index in [1.807, 2.05) is 30.3 Å². The first-order valence-electron chi connectivity index (χ1n) is 7.71. The third-order valence-corrected chi connectivity index (χ3v) is 3.84. The highest BCUT2D eigenvalue weighted by molar-refractivity contribution is 5.56. The Bertz CT molecular complexity index is 748. The third kappa shape index (κ3) is 2.95. The minimum atomic E-state index is 0.881. The Morgan fingerprint density at radius 3 is 2.68 bits per heavy atom. The maximum atomic E-state index is 4.50. The first kappa shape index (κ1) is 14.6. The van der Waals surface area contributed by atoms with Crippen molar-refractivity contribution in [3.63, 3.8) is 0 Å². The molecule has 0 aliphatic carbocycles. The second-order valence-corrected chi connectivity index (χ2v) is 5.56. The number of rotatable bonds is 6. The molecule has 0 fully saturated rings. The van der Waals surface area contributed by atoms with Gasteiger partial charge in [0.1, 0.15) is 0 Å². The molecule has 0 aromatic carbocycles. The molecule has 0 spiro atoms. The van der Waals surface area contributed by atoms with Crippen molar-refractivity contribution in [1.82, 2.24) is 29.1 Å². The highest BCUT2D eigenvalue weighted by Crippen LogP contribution is 2.18. The zero-order valence-corrected chi connectivity index (χ0v) is 13.4. The molecule has 3 rings (SSSR count). The fourth-order valence-corrected chi connectivity index (χ4v) is 2.70. The molecule has 0 atom stereocenters. The molecule has 3 aromatic heterocycles. The van der Waals surface area contributed by atoms with Crippen molar-refractivity contribution in [2.75, 3.05) is 0 Å². The summed E-state index contributed by atoms with van der Waals surface area (Å²) in [5, 5.41) is 8.84. The lowest BCUT2D eigenvalue weighted by Crippen LogP contribution is -2.07. The molecule has 22 heavy (non-hydrogen) atoms. The fourth-order valence-electron chi connectivity index (χ4n) is 2.70. The predicted octanol–water partition coefficient (Wildman–Crippen LogP) is 2.67. The molecule has 6 nitrogen and oxygen atoms in total. The molecular formula is C16H22N6. The fraction of sp³-hybridized carbons (Fsp3) is 0.438. The SMILES string of the molecule is CCn1cc(-c2cncn2CCCn2nc(C)cc2C)cn1. The van der Waals surface area contributed by atoms with Crippen LogP contribution in [-0.2, 0) is 19.6 Å². The lowest BCUT2D eigenvalue weighted by atomic mass is 10.2. The maximum Gasteiger partial charge on any atom is 0.0950 e. The van der Waals surface area contributed by atoms with Gasteiger partial charge in [-0.1, -0.05) is 0 Å². The molecule has 0 N–H and O–H groups in total. The maximum absolute atomic E-state index is 4.50. The molecule has 0 aliphatic rings. The topological polar surface area (TPSA) is 53.5 Å². The van der Waals surface area contributed by atoms with Gasteiger partial charge in [-0.3, -0.25) is 9.36 Å². The van der Waals surface area contributed by atoms with E-state index in [-0.39, 0.29) is 0 Å².